The maximum absolute atomic E-state index is 13.5. The molecular weight excluding hydrogens is 444 g/mol. The second kappa shape index (κ2) is 8.96. The van der Waals surface area contributed by atoms with E-state index in [2.05, 4.69) is 35.6 Å². The Morgan fingerprint density at radius 1 is 1.21 bits per heavy atom. The third-order valence-electron chi connectivity index (χ3n) is 8.76. The predicted molar refractivity (Wildman–Crippen MR) is 138 cm³/mol. The number of urea groups is 1. The Hall–Kier alpha value is -2.45. The lowest BCUT2D eigenvalue weighted by Crippen LogP contribution is -2.56. The summed E-state index contributed by atoms with van der Waals surface area (Å²) in [5, 5.41) is 15.9. The van der Waals surface area contributed by atoms with Crippen LogP contribution in [0.15, 0.2) is 46.5 Å². The third kappa shape index (κ3) is 3.90. The van der Waals surface area contributed by atoms with Gasteiger partial charge in [0, 0.05) is 10.6 Å². The molecule has 1 atom stereocenters. The molecule has 34 heavy (non-hydrogen) atoms. The fraction of sp³-hybridized carbons (Fsp3) is 0.577. The maximum Gasteiger partial charge on any atom is 0.318 e. The molecule has 2 heterocycles. The van der Waals surface area contributed by atoms with E-state index in [0.29, 0.717) is 18.9 Å². The fourth-order valence-electron chi connectivity index (χ4n) is 5.64. The van der Waals surface area contributed by atoms with Gasteiger partial charge in [0.05, 0.1) is 39.4 Å². The van der Waals surface area contributed by atoms with Crippen molar-refractivity contribution in [1.29, 1.82) is 0 Å². The zero-order valence-electron chi connectivity index (χ0n) is 21.1. The summed E-state index contributed by atoms with van der Waals surface area (Å²) in [7, 11) is -1.71. The molecular formula is C26H38N4O3Si. The van der Waals surface area contributed by atoms with E-state index in [-0.39, 0.29) is 23.6 Å². The van der Waals surface area contributed by atoms with E-state index in [1.165, 1.54) is 0 Å². The minimum absolute atomic E-state index is 0.120. The van der Waals surface area contributed by atoms with Crippen molar-refractivity contribution in [1.82, 2.24) is 15.5 Å². The summed E-state index contributed by atoms with van der Waals surface area (Å²) >= 11 is 0. The van der Waals surface area contributed by atoms with Crippen molar-refractivity contribution in [2.24, 2.45) is 4.99 Å². The van der Waals surface area contributed by atoms with Crippen molar-refractivity contribution in [2.75, 3.05) is 19.7 Å². The van der Waals surface area contributed by atoms with Crippen LogP contribution in [0.25, 0.3) is 0 Å². The normalized spacial score (nSPS) is 21.5. The van der Waals surface area contributed by atoms with Crippen LogP contribution in [-0.2, 0) is 4.79 Å². The maximum atomic E-state index is 13.5. The lowest BCUT2D eigenvalue weighted by molar-refractivity contribution is -0.125. The highest BCUT2D eigenvalue weighted by molar-refractivity contribution is 6.83. The number of carbonyl (C=O) groups excluding carboxylic acids is 2. The lowest BCUT2D eigenvalue weighted by atomic mass is 9.83. The highest BCUT2D eigenvalue weighted by Gasteiger charge is 2.55. The SMILES string of the molecule is CC[Si](C)(C)C1(C(=O)NC2=NCC3=C2CN(C(=O)N[C@H](CO)c2ccccc2)C3(C)C)CCC1. The van der Waals surface area contributed by atoms with Gasteiger partial charge < -0.3 is 20.6 Å². The van der Waals surface area contributed by atoms with Crippen LogP contribution >= 0.6 is 0 Å². The van der Waals surface area contributed by atoms with Gasteiger partial charge in [0.25, 0.3) is 0 Å². The molecule has 8 heteroatoms. The van der Waals surface area contributed by atoms with Gasteiger partial charge in [-0.05, 0) is 37.8 Å². The van der Waals surface area contributed by atoms with E-state index in [9.17, 15) is 14.7 Å². The molecule has 0 bridgehead atoms. The van der Waals surface area contributed by atoms with Gasteiger partial charge in [0.15, 0.2) is 0 Å². The van der Waals surface area contributed by atoms with Crippen LogP contribution in [0, 0.1) is 0 Å². The van der Waals surface area contributed by atoms with Crippen molar-refractivity contribution in [2.45, 2.75) is 75.8 Å². The van der Waals surface area contributed by atoms with Crippen LogP contribution in [-0.4, -0.2) is 61.1 Å². The summed E-state index contributed by atoms with van der Waals surface area (Å²) in [4.78, 5) is 33.3. The largest absolute Gasteiger partial charge is 0.394 e. The van der Waals surface area contributed by atoms with E-state index in [4.69, 9.17) is 0 Å². The summed E-state index contributed by atoms with van der Waals surface area (Å²) in [5.41, 5.74) is 2.36. The number of amides is 3. The van der Waals surface area contributed by atoms with E-state index in [1.807, 2.05) is 44.2 Å². The molecule has 1 fully saturated rings. The Balaban J connectivity index is 1.48. The lowest BCUT2D eigenvalue weighted by Gasteiger charge is -2.50. The third-order valence-corrected chi connectivity index (χ3v) is 13.8. The molecule has 1 aromatic rings. The zero-order chi connectivity index (χ0) is 24.7. The highest BCUT2D eigenvalue weighted by atomic mass is 28.3. The first-order valence-corrected chi connectivity index (χ1v) is 15.6. The van der Waals surface area contributed by atoms with E-state index in [1.54, 1.807) is 4.90 Å². The molecule has 0 aromatic heterocycles. The molecule has 0 saturated heterocycles. The quantitative estimate of drug-likeness (QED) is 0.535. The van der Waals surface area contributed by atoms with E-state index >= 15 is 0 Å². The monoisotopic (exact) mass is 482 g/mol. The first kappa shape index (κ1) is 24.7. The van der Waals surface area contributed by atoms with E-state index < -0.39 is 19.7 Å². The second-order valence-corrected chi connectivity index (χ2v) is 16.4. The second-order valence-electron chi connectivity index (χ2n) is 11.0. The van der Waals surface area contributed by atoms with Crippen LogP contribution in [0.5, 0.6) is 0 Å². The number of nitrogens with zero attached hydrogens (tertiary/aromatic N) is 2. The standard InChI is InChI=1S/C26H38N4O3Si/c1-6-34(4,5)26(13-10-14-26)23(32)29-22-19-16-30(25(2,3)20(19)15-27-22)24(33)28-21(17-31)18-11-8-7-9-12-18/h7-9,11-12,21,31H,6,10,13-17H2,1-5H3,(H,28,33)(H,27,29,32)/t21-/m1/s1. The number of aliphatic hydroxyl groups excluding tert-OH is 1. The number of nitrogens with one attached hydrogen (secondary N) is 2. The van der Waals surface area contributed by atoms with Gasteiger partial charge in [-0.25, -0.2) is 4.79 Å². The number of rotatable bonds is 6. The molecule has 4 rings (SSSR count). The molecule has 1 aliphatic carbocycles. The van der Waals surface area contributed by atoms with Gasteiger partial charge in [-0.3, -0.25) is 9.79 Å². The van der Waals surface area contributed by atoms with Gasteiger partial charge in [-0.15, -0.1) is 0 Å². The Morgan fingerprint density at radius 2 is 1.88 bits per heavy atom. The van der Waals surface area contributed by atoms with Crippen LogP contribution in [0.1, 0.15) is 51.6 Å². The molecule has 7 nitrogen and oxygen atoms in total. The average molecular weight is 483 g/mol. The number of amidine groups is 1. The van der Waals surface area contributed by atoms with Crippen molar-refractivity contribution < 1.29 is 14.7 Å². The van der Waals surface area contributed by atoms with Gasteiger partial charge in [0.2, 0.25) is 5.91 Å². The highest BCUT2D eigenvalue weighted by Crippen LogP contribution is 2.56. The molecule has 3 aliphatic rings. The van der Waals surface area contributed by atoms with Crippen molar-refractivity contribution in [3.63, 3.8) is 0 Å². The first-order valence-electron chi connectivity index (χ1n) is 12.4. The molecule has 2 aliphatic heterocycles. The van der Waals surface area contributed by atoms with E-state index in [0.717, 1.165) is 42.0 Å². The zero-order valence-corrected chi connectivity index (χ0v) is 22.1. The van der Waals surface area contributed by atoms with Crippen LogP contribution in [0.4, 0.5) is 4.79 Å². The molecule has 1 aromatic carbocycles. The topological polar surface area (TPSA) is 94.0 Å². The van der Waals surface area contributed by atoms with Gasteiger partial charge in [-0.2, -0.15) is 0 Å². The Labute approximate surface area is 203 Å². The van der Waals surface area contributed by atoms with Gasteiger partial charge in [-0.1, -0.05) is 62.8 Å². The summed E-state index contributed by atoms with van der Waals surface area (Å²) in [6, 6.07) is 9.85. The van der Waals surface area contributed by atoms with Crippen molar-refractivity contribution in [3.05, 3.63) is 47.0 Å². The Morgan fingerprint density at radius 3 is 2.44 bits per heavy atom. The Kier molecular flexibility index (Phi) is 6.50. The minimum atomic E-state index is -1.71. The smallest absolute Gasteiger partial charge is 0.318 e. The van der Waals surface area contributed by atoms with Gasteiger partial charge >= 0.3 is 6.03 Å². The molecule has 0 unspecified atom stereocenters. The van der Waals surface area contributed by atoms with Crippen LogP contribution < -0.4 is 10.6 Å². The number of hydrogen-bond acceptors (Lipinski definition) is 4. The molecule has 3 amide bonds. The van der Waals surface area contributed by atoms with Crippen molar-refractivity contribution >= 4 is 25.8 Å². The molecule has 0 radical (unpaired) electrons. The number of hydrogen-bond donors (Lipinski definition) is 3. The Bertz CT molecular complexity index is 1030. The van der Waals surface area contributed by atoms with Crippen molar-refractivity contribution in [3.8, 4) is 0 Å². The molecule has 184 valence electrons. The minimum Gasteiger partial charge on any atom is -0.394 e. The number of aliphatic hydroxyl groups is 1. The summed E-state index contributed by atoms with van der Waals surface area (Å²) in [6.07, 6.45) is 3.04. The average Bonchev–Trinajstić information content (AvgIpc) is 3.29. The summed E-state index contributed by atoms with van der Waals surface area (Å²) in [5.74, 6) is 0.757. The number of carbonyl (C=O) groups is 2. The fourth-order valence-corrected chi connectivity index (χ4v) is 8.70. The molecule has 0 spiro atoms. The van der Waals surface area contributed by atoms with Crippen LogP contribution in [0.3, 0.4) is 0 Å². The first-order chi connectivity index (χ1) is 16.1. The molecule has 3 N–H and O–H groups in total. The number of aliphatic imine (C=N–C) groups is 1. The summed E-state index contributed by atoms with van der Waals surface area (Å²) < 4.78 is 0. The summed E-state index contributed by atoms with van der Waals surface area (Å²) in [6.45, 7) is 11.6. The number of benzene rings is 1. The van der Waals surface area contributed by atoms with Crippen LogP contribution in [0.2, 0.25) is 24.2 Å². The predicted octanol–water partition coefficient (Wildman–Crippen LogP) is 4.00. The molecule has 1 saturated carbocycles. The van der Waals surface area contributed by atoms with Gasteiger partial charge in [0.1, 0.15) is 5.84 Å².